The number of anilines is 1. The summed E-state index contributed by atoms with van der Waals surface area (Å²) >= 11 is 0. The summed E-state index contributed by atoms with van der Waals surface area (Å²) in [6.07, 6.45) is 6.64. The first-order valence-electron chi connectivity index (χ1n) is 7.26. The molecule has 1 aromatic rings. The maximum absolute atomic E-state index is 11.8. The van der Waals surface area contributed by atoms with Gasteiger partial charge in [0.1, 0.15) is 11.6 Å². The fourth-order valence-electron chi connectivity index (χ4n) is 2.83. The molecule has 0 radical (unpaired) electrons. The number of aromatic amines is 1. The van der Waals surface area contributed by atoms with Gasteiger partial charge >= 0.3 is 0 Å². The van der Waals surface area contributed by atoms with E-state index >= 15 is 0 Å². The number of rotatable bonds is 3. The van der Waals surface area contributed by atoms with E-state index in [0.29, 0.717) is 5.92 Å². The van der Waals surface area contributed by atoms with Crippen molar-refractivity contribution in [1.29, 1.82) is 0 Å². The van der Waals surface area contributed by atoms with Crippen molar-refractivity contribution in [3.05, 3.63) is 22.2 Å². The predicted molar refractivity (Wildman–Crippen MR) is 73.5 cm³/mol. The molecule has 104 valence electrons. The third kappa shape index (κ3) is 2.81. The number of hydrogen-bond donors (Lipinski definition) is 2. The second kappa shape index (κ2) is 5.33. The lowest BCUT2D eigenvalue weighted by Gasteiger charge is -2.29. The molecule has 1 aliphatic carbocycles. The Bertz CT molecular complexity index is 496. The molecule has 2 heterocycles. The van der Waals surface area contributed by atoms with Gasteiger partial charge in [0.25, 0.3) is 5.56 Å². The average molecular weight is 263 g/mol. The summed E-state index contributed by atoms with van der Waals surface area (Å²) < 4.78 is 0. The van der Waals surface area contributed by atoms with Crippen LogP contribution in [0, 0.1) is 0 Å². The van der Waals surface area contributed by atoms with Gasteiger partial charge in [0.05, 0.1) is 12.6 Å². The van der Waals surface area contributed by atoms with Gasteiger partial charge in [-0.2, -0.15) is 0 Å². The number of aliphatic hydroxyl groups is 1. The Kier molecular flexibility index (Phi) is 3.55. The molecule has 1 atom stereocenters. The van der Waals surface area contributed by atoms with Crippen LogP contribution in [0.25, 0.3) is 0 Å². The molecule has 0 aromatic carbocycles. The van der Waals surface area contributed by atoms with E-state index in [1.807, 2.05) is 0 Å². The molecule has 0 amide bonds. The van der Waals surface area contributed by atoms with Crippen LogP contribution in [0.1, 0.15) is 50.3 Å². The van der Waals surface area contributed by atoms with E-state index in [9.17, 15) is 9.90 Å². The molecule has 2 N–H and O–H groups in total. The molecule has 5 heteroatoms. The minimum absolute atomic E-state index is 0.0761. The average Bonchev–Trinajstić information content (AvgIpc) is 3.24. The van der Waals surface area contributed by atoms with Gasteiger partial charge in [0.15, 0.2) is 0 Å². The van der Waals surface area contributed by atoms with Crippen LogP contribution in [-0.2, 0) is 0 Å². The van der Waals surface area contributed by atoms with Crippen LogP contribution in [0.15, 0.2) is 10.9 Å². The Morgan fingerprint density at radius 1 is 1.32 bits per heavy atom. The minimum Gasteiger partial charge on any atom is -0.394 e. The summed E-state index contributed by atoms with van der Waals surface area (Å²) in [5, 5.41) is 9.55. The maximum Gasteiger partial charge on any atom is 0.252 e. The Hall–Kier alpha value is -1.36. The third-order valence-corrected chi connectivity index (χ3v) is 4.09. The lowest BCUT2D eigenvalue weighted by molar-refractivity contribution is 0.254. The normalized spacial score (nSPS) is 24.3. The zero-order valence-electron chi connectivity index (χ0n) is 11.1. The lowest BCUT2D eigenvalue weighted by atomic mass is 10.1. The largest absolute Gasteiger partial charge is 0.394 e. The van der Waals surface area contributed by atoms with Crippen molar-refractivity contribution >= 4 is 5.82 Å². The van der Waals surface area contributed by atoms with Crippen LogP contribution in [0.3, 0.4) is 0 Å². The van der Waals surface area contributed by atoms with Gasteiger partial charge in [-0.15, -0.1) is 0 Å². The Morgan fingerprint density at radius 2 is 2.16 bits per heavy atom. The molecule has 2 fully saturated rings. The van der Waals surface area contributed by atoms with Gasteiger partial charge in [0.2, 0.25) is 0 Å². The maximum atomic E-state index is 11.8. The fraction of sp³-hybridized carbons (Fsp3) is 0.714. The number of H-pyrrole nitrogens is 1. The van der Waals surface area contributed by atoms with Gasteiger partial charge < -0.3 is 15.0 Å². The van der Waals surface area contributed by atoms with Crippen LogP contribution < -0.4 is 10.5 Å². The van der Waals surface area contributed by atoms with E-state index in [0.717, 1.165) is 50.3 Å². The van der Waals surface area contributed by atoms with Crippen LogP contribution >= 0.6 is 0 Å². The topological polar surface area (TPSA) is 69.2 Å². The molecule has 1 aromatic heterocycles. The Balaban J connectivity index is 1.91. The minimum atomic E-state index is -0.0761. The van der Waals surface area contributed by atoms with Gasteiger partial charge in [-0.05, 0) is 25.7 Å². The zero-order chi connectivity index (χ0) is 13.2. The molecule has 5 nitrogen and oxygen atoms in total. The van der Waals surface area contributed by atoms with Gasteiger partial charge in [-0.3, -0.25) is 4.79 Å². The molecule has 2 aliphatic rings. The number of aromatic nitrogens is 2. The van der Waals surface area contributed by atoms with Crippen molar-refractivity contribution in [3.63, 3.8) is 0 Å². The van der Waals surface area contributed by atoms with Gasteiger partial charge in [0, 0.05) is 18.5 Å². The van der Waals surface area contributed by atoms with Crippen molar-refractivity contribution in [2.24, 2.45) is 0 Å². The molecule has 19 heavy (non-hydrogen) atoms. The number of nitrogens with zero attached hydrogens (tertiary/aromatic N) is 2. The monoisotopic (exact) mass is 263 g/mol. The van der Waals surface area contributed by atoms with Crippen LogP contribution in [0.4, 0.5) is 5.82 Å². The van der Waals surface area contributed by atoms with E-state index < -0.39 is 0 Å². The Labute approximate surface area is 112 Å². The first-order chi connectivity index (χ1) is 9.28. The molecule has 1 saturated heterocycles. The van der Waals surface area contributed by atoms with Crippen molar-refractivity contribution in [2.45, 2.75) is 50.5 Å². The van der Waals surface area contributed by atoms with E-state index in [4.69, 9.17) is 0 Å². The predicted octanol–water partition coefficient (Wildman–Crippen LogP) is 1.39. The smallest absolute Gasteiger partial charge is 0.252 e. The van der Waals surface area contributed by atoms with Crippen molar-refractivity contribution in [1.82, 2.24) is 9.97 Å². The molecule has 3 rings (SSSR count). The first kappa shape index (κ1) is 12.7. The summed E-state index contributed by atoms with van der Waals surface area (Å²) in [6.45, 7) is 1.01. The summed E-state index contributed by atoms with van der Waals surface area (Å²) in [5.74, 6) is 2.00. The van der Waals surface area contributed by atoms with Crippen LogP contribution in [0.2, 0.25) is 0 Å². The molecule has 0 spiro atoms. The number of aliphatic hydroxyl groups excluding tert-OH is 1. The number of nitrogens with one attached hydrogen (secondary N) is 1. The van der Waals surface area contributed by atoms with Crippen molar-refractivity contribution in [2.75, 3.05) is 18.1 Å². The lowest BCUT2D eigenvalue weighted by Crippen LogP contribution is -2.39. The van der Waals surface area contributed by atoms with Gasteiger partial charge in [-0.1, -0.05) is 12.8 Å². The van der Waals surface area contributed by atoms with Crippen molar-refractivity contribution in [3.8, 4) is 0 Å². The second-order valence-electron chi connectivity index (χ2n) is 5.64. The summed E-state index contributed by atoms with van der Waals surface area (Å²) in [4.78, 5) is 21.4. The molecule has 1 saturated carbocycles. The van der Waals surface area contributed by atoms with Crippen molar-refractivity contribution < 1.29 is 5.11 Å². The van der Waals surface area contributed by atoms with Crippen LogP contribution in [-0.4, -0.2) is 34.3 Å². The highest BCUT2D eigenvalue weighted by molar-refractivity contribution is 5.40. The van der Waals surface area contributed by atoms with E-state index in [1.54, 1.807) is 6.07 Å². The molecule has 1 unspecified atom stereocenters. The molecule has 1 aliphatic heterocycles. The molecule has 0 bridgehead atoms. The van der Waals surface area contributed by atoms with Crippen LogP contribution in [0.5, 0.6) is 0 Å². The second-order valence-corrected chi connectivity index (χ2v) is 5.64. The quantitative estimate of drug-likeness (QED) is 0.864. The summed E-state index contributed by atoms with van der Waals surface area (Å²) in [7, 11) is 0. The highest BCUT2D eigenvalue weighted by Gasteiger charge is 2.28. The molecular formula is C14H21N3O2. The fourth-order valence-corrected chi connectivity index (χ4v) is 2.83. The highest BCUT2D eigenvalue weighted by Crippen LogP contribution is 2.38. The highest BCUT2D eigenvalue weighted by atomic mass is 16.3. The van der Waals surface area contributed by atoms with Gasteiger partial charge in [-0.25, -0.2) is 4.98 Å². The summed E-state index contributed by atoms with van der Waals surface area (Å²) in [5.41, 5.74) is -0.0761. The number of hydrogen-bond acceptors (Lipinski definition) is 4. The summed E-state index contributed by atoms with van der Waals surface area (Å²) in [6, 6.07) is 1.67. The van der Waals surface area contributed by atoms with E-state index in [1.165, 1.54) is 6.42 Å². The standard InChI is InChI=1S/C14H21N3O2/c18-9-11-4-2-1-3-7-17(11)12-8-13(19)16-14(15-12)10-5-6-10/h8,10-11,18H,1-7,9H2,(H,15,16,19). The molecular weight excluding hydrogens is 242 g/mol. The zero-order valence-corrected chi connectivity index (χ0v) is 11.1. The Morgan fingerprint density at radius 3 is 2.89 bits per heavy atom. The SMILES string of the molecule is O=c1cc(N2CCCCCC2CO)nc(C2CC2)[nH]1. The van der Waals surface area contributed by atoms with E-state index in [-0.39, 0.29) is 18.2 Å². The first-order valence-corrected chi connectivity index (χ1v) is 7.26. The van der Waals surface area contributed by atoms with E-state index in [2.05, 4.69) is 14.9 Å². The third-order valence-electron chi connectivity index (χ3n) is 4.09.